The van der Waals surface area contributed by atoms with Gasteiger partial charge in [-0.2, -0.15) is 5.10 Å². The molecule has 2 aromatic rings. The fraction of sp³-hybridized carbons (Fsp3) is 0.417. The van der Waals surface area contributed by atoms with E-state index in [4.69, 9.17) is 0 Å². The summed E-state index contributed by atoms with van der Waals surface area (Å²) >= 11 is 1.99. The highest BCUT2D eigenvalue weighted by molar-refractivity contribution is 14.1. The average molecular weight is 358 g/mol. The second-order valence-corrected chi connectivity index (χ2v) is 5.38. The molecule has 96 valence electrons. The van der Waals surface area contributed by atoms with Crippen molar-refractivity contribution in [3.63, 3.8) is 0 Å². The fourth-order valence-electron chi connectivity index (χ4n) is 1.61. The Bertz CT molecular complexity index is 590. The molecule has 0 radical (unpaired) electrons. The summed E-state index contributed by atoms with van der Waals surface area (Å²) in [6.45, 7) is 4.71. The van der Waals surface area contributed by atoms with Crippen molar-refractivity contribution in [1.29, 1.82) is 0 Å². The number of rotatable bonds is 4. The fourth-order valence-corrected chi connectivity index (χ4v) is 2.08. The normalized spacial score (nSPS) is 12.6. The van der Waals surface area contributed by atoms with Crippen molar-refractivity contribution in [3.8, 4) is 0 Å². The molecule has 0 saturated heterocycles. The molecule has 1 atom stereocenters. The third kappa shape index (κ3) is 2.80. The molecule has 0 N–H and O–H groups in total. The predicted octanol–water partition coefficient (Wildman–Crippen LogP) is 2.06. The molecule has 0 fully saturated rings. The van der Waals surface area contributed by atoms with E-state index in [2.05, 4.69) is 23.9 Å². The van der Waals surface area contributed by atoms with E-state index in [-0.39, 0.29) is 5.56 Å². The van der Waals surface area contributed by atoms with E-state index in [1.807, 2.05) is 39.5 Å². The lowest BCUT2D eigenvalue weighted by atomic mass is 10.3. The topological polar surface area (TPSA) is 52.7 Å². The van der Waals surface area contributed by atoms with Crippen LogP contribution in [0.5, 0.6) is 0 Å². The van der Waals surface area contributed by atoms with Crippen molar-refractivity contribution in [2.24, 2.45) is 0 Å². The average Bonchev–Trinajstić information content (AvgIpc) is 2.82. The first-order valence-electron chi connectivity index (χ1n) is 5.85. The summed E-state index contributed by atoms with van der Waals surface area (Å²) in [5, 5.41) is 4.47. The summed E-state index contributed by atoms with van der Waals surface area (Å²) in [5.74, 6) is 0. The molecule has 2 aromatic heterocycles. The summed E-state index contributed by atoms with van der Waals surface area (Å²) in [6, 6.07) is 2.32. The van der Waals surface area contributed by atoms with E-state index in [1.54, 1.807) is 17.1 Å². The summed E-state index contributed by atoms with van der Waals surface area (Å²) in [4.78, 5) is 15.9. The Kier molecular flexibility index (Phi) is 4.15. The smallest absolute Gasteiger partial charge is 0.267 e. The number of halogens is 1. The monoisotopic (exact) mass is 358 g/mol. The van der Waals surface area contributed by atoms with Gasteiger partial charge >= 0.3 is 0 Å². The highest BCUT2D eigenvalue weighted by atomic mass is 127. The standard InChI is InChI=1S/C12H15IN4O/c1-3-9(2)17-5-4-10(15-17)7-16-8-14-6-11(13)12(16)18/h4-6,8-9H,3,7H2,1-2H3. The van der Waals surface area contributed by atoms with Gasteiger partial charge in [0.15, 0.2) is 0 Å². The number of hydrogen-bond acceptors (Lipinski definition) is 3. The first kappa shape index (κ1) is 13.3. The molecule has 6 heteroatoms. The number of hydrogen-bond donors (Lipinski definition) is 0. The highest BCUT2D eigenvalue weighted by Crippen LogP contribution is 2.09. The SMILES string of the molecule is CCC(C)n1ccc(Cn2cncc(I)c2=O)n1. The molecule has 0 bridgehead atoms. The molecule has 0 saturated carbocycles. The van der Waals surface area contributed by atoms with Crippen LogP contribution < -0.4 is 5.56 Å². The van der Waals surface area contributed by atoms with Crippen LogP contribution >= 0.6 is 22.6 Å². The molecule has 1 unspecified atom stereocenters. The van der Waals surface area contributed by atoms with Crippen LogP contribution in [-0.4, -0.2) is 19.3 Å². The zero-order chi connectivity index (χ0) is 13.1. The third-order valence-corrected chi connectivity index (χ3v) is 3.64. The second kappa shape index (κ2) is 5.64. The minimum atomic E-state index is -0.0244. The van der Waals surface area contributed by atoms with Crippen molar-refractivity contribution in [2.45, 2.75) is 32.9 Å². The second-order valence-electron chi connectivity index (χ2n) is 4.22. The van der Waals surface area contributed by atoms with Crippen LogP contribution in [0.15, 0.2) is 29.6 Å². The van der Waals surface area contributed by atoms with Gasteiger partial charge in [0.1, 0.15) is 0 Å². The van der Waals surface area contributed by atoms with Crippen molar-refractivity contribution >= 4 is 22.6 Å². The minimum Gasteiger partial charge on any atom is -0.292 e. The predicted molar refractivity (Wildman–Crippen MR) is 77.5 cm³/mol. The quantitative estimate of drug-likeness (QED) is 0.787. The zero-order valence-corrected chi connectivity index (χ0v) is 12.5. The maximum absolute atomic E-state index is 11.9. The van der Waals surface area contributed by atoms with Gasteiger partial charge in [-0.05, 0) is 42.0 Å². The summed E-state index contributed by atoms with van der Waals surface area (Å²) in [5.41, 5.74) is 0.852. The van der Waals surface area contributed by atoms with Crippen molar-refractivity contribution < 1.29 is 0 Å². The van der Waals surface area contributed by atoms with E-state index < -0.39 is 0 Å². The van der Waals surface area contributed by atoms with E-state index in [0.29, 0.717) is 16.2 Å². The molecule has 0 aliphatic carbocycles. The Balaban J connectivity index is 2.22. The molecular weight excluding hydrogens is 343 g/mol. The molecule has 18 heavy (non-hydrogen) atoms. The van der Waals surface area contributed by atoms with Gasteiger partial charge in [0.25, 0.3) is 5.56 Å². The van der Waals surface area contributed by atoms with Crippen LogP contribution in [-0.2, 0) is 6.54 Å². The summed E-state index contributed by atoms with van der Waals surface area (Å²) in [6.07, 6.45) is 6.10. The van der Waals surface area contributed by atoms with Crippen LogP contribution in [0.2, 0.25) is 0 Å². The summed E-state index contributed by atoms with van der Waals surface area (Å²) in [7, 11) is 0. The lowest BCUT2D eigenvalue weighted by Gasteiger charge is -2.08. The van der Waals surface area contributed by atoms with Gasteiger partial charge < -0.3 is 0 Å². The largest absolute Gasteiger partial charge is 0.292 e. The Labute approximate surface area is 119 Å². The van der Waals surface area contributed by atoms with Gasteiger partial charge in [0.05, 0.1) is 22.1 Å². The van der Waals surface area contributed by atoms with Gasteiger partial charge in [0.2, 0.25) is 0 Å². The molecular formula is C12H15IN4O. The Morgan fingerprint density at radius 1 is 1.50 bits per heavy atom. The molecule has 0 spiro atoms. The minimum absolute atomic E-state index is 0.0244. The summed E-state index contributed by atoms with van der Waals surface area (Å²) < 4.78 is 4.13. The lowest BCUT2D eigenvalue weighted by Crippen LogP contribution is -2.23. The van der Waals surface area contributed by atoms with E-state index in [0.717, 1.165) is 12.1 Å². The molecule has 2 rings (SSSR count). The molecule has 0 aliphatic heterocycles. The van der Waals surface area contributed by atoms with Crippen LogP contribution in [0.25, 0.3) is 0 Å². The van der Waals surface area contributed by atoms with Crippen molar-refractivity contribution in [2.75, 3.05) is 0 Å². The first-order valence-corrected chi connectivity index (χ1v) is 6.93. The molecule has 2 heterocycles. The number of aromatic nitrogens is 4. The van der Waals surface area contributed by atoms with E-state index >= 15 is 0 Å². The van der Waals surface area contributed by atoms with Gasteiger partial charge in [-0.15, -0.1) is 0 Å². The third-order valence-electron chi connectivity index (χ3n) is 2.90. The Hall–Kier alpha value is -1.18. The van der Waals surface area contributed by atoms with Gasteiger partial charge in [-0.25, -0.2) is 4.98 Å². The lowest BCUT2D eigenvalue weighted by molar-refractivity contribution is 0.471. The van der Waals surface area contributed by atoms with Crippen LogP contribution in [0.3, 0.4) is 0 Å². The van der Waals surface area contributed by atoms with Crippen molar-refractivity contribution in [1.82, 2.24) is 19.3 Å². The van der Waals surface area contributed by atoms with Gasteiger partial charge in [0, 0.05) is 18.4 Å². The zero-order valence-electron chi connectivity index (χ0n) is 10.4. The number of nitrogens with zero attached hydrogens (tertiary/aromatic N) is 4. The molecule has 0 aromatic carbocycles. The van der Waals surface area contributed by atoms with Crippen LogP contribution in [0.1, 0.15) is 32.0 Å². The van der Waals surface area contributed by atoms with Gasteiger partial charge in [-0.3, -0.25) is 14.0 Å². The maximum Gasteiger partial charge on any atom is 0.267 e. The molecule has 0 amide bonds. The Morgan fingerprint density at radius 2 is 2.28 bits per heavy atom. The van der Waals surface area contributed by atoms with Crippen LogP contribution in [0, 0.1) is 3.57 Å². The Morgan fingerprint density at radius 3 is 3.00 bits per heavy atom. The first-order chi connectivity index (χ1) is 8.61. The van der Waals surface area contributed by atoms with Crippen LogP contribution in [0.4, 0.5) is 0 Å². The van der Waals surface area contributed by atoms with E-state index in [9.17, 15) is 4.79 Å². The van der Waals surface area contributed by atoms with Crippen molar-refractivity contribution in [3.05, 3.63) is 44.4 Å². The highest BCUT2D eigenvalue weighted by Gasteiger charge is 2.07. The molecule has 5 nitrogen and oxygen atoms in total. The maximum atomic E-state index is 11.9. The van der Waals surface area contributed by atoms with Gasteiger partial charge in [-0.1, -0.05) is 6.92 Å². The van der Waals surface area contributed by atoms with E-state index in [1.165, 1.54) is 0 Å². The molecule has 0 aliphatic rings.